The summed E-state index contributed by atoms with van der Waals surface area (Å²) in [6.07, 6.45) is 1.17. The van der Waals surface area contributed by atoms with E-state index in [2.05, 4.69) is 42.2 Å². The minimum Gasteiger partial charge on any atom is -0.493 e. The van der Waals surface area contributed by atoms with Gasteiger partial charge in [0, 0.05) is 18.5 Å². The van der Waals surface area contributed by atoms with Crippen LogP contribution in [0.1, 0.15) is 55.3 Å². The molecule has 1 unspecified atom stereocenters. The summed E-state index contributed by atoms with van der Waals surface area (Å²) in [4.78, 5) is 19.1. The number of hydrogen-bond donors (Lipinski definition) is 0. The predicted molar refractivity (Wildman–Crippen MR) is 120 cm³/mol. The molecule has 2 aromatic carbocycles. The van der Waals surface area contributed by atoms with E-state index in [0.717, 1.165) is 16.7 Å². The van der Waals surface area contributed by atoms with Crippen LogP contribution >= 0.6 is 0 Å². The minimum atomic E-state index is -0.228. The summed E-state index contributed by atoms with van der Waals surface area (Å²) < 4.78 is 16.9. The second-order valence-corrected chi connectivity index (χ2v) is 8.49. The Balaban J connectivity index is 1.58. The SMILES string of the molecule is COc1cc(-c2noc(C3CCC(=O)N3Cc3cc(C)ccc3C)n2)ccc1OC(C)C. The molecule has 32 heavy (non-hydrogen) atoms. The summed E-state index contributed by atoms with van der Waals surface area (Å²) in [6.45, 7) is 8.58. The van der Waals surface area contributed by atoms with Crippen molar-refractivity contribution in [3.63, 3.8) is 0 Å². The largest absolute Gasteiger partial charge is 0.493 e. The third kappa shape index (κ3) is 4.47. The zero-order chi connectivity index (χ0) is 22.8. The maximum Gasteiger partial charge on any atom is 0.249 e. The van der Waals surface area contributed by atoms with Crippen molar-refractivity contribution < 1.29 is 18.8 Å². The quantitative estimate of drug-likeness (QED) is 0.519. The first-order chi connectivity index (χ1) is 15.4. The van der Waals surface area contributed by atoms with E-state index in [0.29, 0.717) is 42.6 Å². The van der Waals surface area contributed by atoms with Gasteiger partial charge >= 0.3 is 0 Å². The predicted octanol–water partition coefficient (Wildman–Crippen LogP) is 5.01. The Morgan fingerprint density at radius 3 is 2.72 bits per heavy atom. The van der Waals surface area contributed by atoms with Gasteiger partial charge in [0.1, 0.15) is 6.04 Å². The van der Waals surface area contributed by atoms with Crippen LogP contribution in [0.2, 0.25) is 0 Å². The van der Waals surface area contributed by atoms with Gasteiger partial charge in [-0.15, -0.1) is 0 Å². The number of carbonyl (C=O) groups is 1. The Hall–Kier alpha value is -3.35. The van der Waals surface area contributed by atoms with Crippen molar-refractivity contribution in [2.45, 2.75) is 59.2 Å². The molecule has 3 aromatic rings. The second kappa shape index (κ2) is 9.02. The molecule has 2 heterocycles. The Labute approximate surface area is 188 Å². The van der Waals surface area contributed by atoms with E-state index in [4.69, 9.17) is 14.0 Å². The smallest absolute Gasteiger partial charge is 0.249 e. The first-order valence-electron chi connectivity index (χ1n) is 10.9. The maximum absolute atomic E-state index is 12.7. The lowest BCUT2D eigenvalue weighted by atomic mass is 10.0. The average Bonchev–Trinajstić information content (AvgIpc) is 3.38. The molecule has 0 bridgehead atoms. The summed E-state index contributed by atoms with van der Waals surface area (Å²) in [5.41, 5.74) is 4.23. The van der Waals surface area contributed by atoms with Crippen LogP contribution in [0.15, 0.2) is 40.9 Å². The fourth-order valence-electron chi connectivity index (χ4n) is 3.99. The Bertz CT molecular complexity index is 1120. The highest BCUT2D eigenvalue weighted by atomic mass is 16.5. The van der Waals surface area contributed by atoms with Crippen LogP contribution in [0.3, 0.4) is 0 Å². The number of amides is 1. The lowest BCUT2D eigenvalue weighted by molar-refractivity contribution is -0.130. The van der Waals surface area contributed by atoms with Crippen molar-refractivity contribution in [1.29, 1.82) is 0 Å². The lowest BCUT2D eigenvalue weighted by Gasteiger charge is -2.23. The highest BCUT2D eigenvalue weighted by molar-refractivity contribution is 5.79. The first-order valence-corrected chi connectivity index (χ1v) is 10.9. The van der Waals surface area contributed by atoms with Gasteiger partial charge in [0.15, 0.2) is 11.5 Å². The van der Waals surface area contributed by atoms with Gasteiger partial charge in [-0.1, -0.05) is 28.9 Å². The molecule has 7 heteroatoms. The number of ether oxygens (including phenoxy) is 2. The summed E-state index contributed by atoms with van der Waals surface area (Å²) in [5.74, 6) is 2.29. The third-order valence-corrected chi connectivity index (χ3v) is 5.68. The van der Waals surface area contributed by atoms with E-state index in [9.17, 15) is 4.79 Å². The third-order valence-electron chi connectivity index (χ3n) is 5.68. The van der Waals surface area contributed by atoms with Crippen molar-refractivity contribution in [2.75, 3.05) is 7.11 Å². The van der Waals surface area contributed by atoms with Crippen LogP contribution in [0.25, 0.3) is 11.4 Å². The number of methoxy groups -OCH3 is 1. The molecule has 0 aliphatic carbocycles. The van der Waals surface area contributed by atoms with Gasteiger partial charge in [-0.3, -0.25) is 4.79 Å². The second-order valence-electron chi connectivity index (χ2n) is 8.49. The van der Waals surface area contributed by atoms with Crippen LogP contribution in [0.5, 0.6) is 11.5 Å². The molecule has 1 saturated heterocycles. The molecule has 1 aromatic heterocycles. The van der Waals surface area contributed by atoms with Gasteiger partial charge in [0.05, 0.1) is 13.2 Å². The molecule has 0 N–H and O–H groups in total. The molecular weight excluding hydrogens is 406 g/mol. The van der Waals surface area contributed by atoms with Crippen molar-refractivity contribution in [3.05, 3.63) is 59.0 Å². The molecule has 7 nitrogen and oxygen atoms in total. The van der Waals surface area contributed by atoms with E-state index in [1.807, 2.05) is 36.9 Å². The number of aryl methyl sites for hydroxylation is 2. The monoisotopic (exact) mass is 435 g/mol. The number of hydrogen-bond acceptors (Lipinski definition) is 6. The molecule has 0 saturated carbocycles. The Morgan fingerprint density at radius 2 is 1.97 bits per heavy atom. The normalized spacial score (nSPS) is 16.1. The maximum atomic E-state index is 12.7. The van der Waals surface area contributed by atoms with Crippen LogP contribution in [-0.4, -0.2) is 34.2 Å². The van der Waals surface area contributed by atoms with Crippen molar-refractivity contribution >= 4 is 5.91 Å². The van der Waals surface area contributed by atoms with Crippen LogP contribution in [0.4, 0.5) is 0 Å². The number of nitrogens with zero attached hydrogens (tertiary/aromatic N) is 3. The molecule has 168 valence electrons. The zero-order valence-corrected chi connectivity index (χ0v) is 19.2. The number of carbonyl (C=O) groups excluding carboxylic acids is 1. The molecule has 1 aliphatic heterocycles. The topological polar surface area (TPSA) is 77.7 Å². The number of aromatic nitrogens is 2. The van der Waals surface area contributed by atoms with E-state index in [-0.39, 0.29) is 18.1 Å². The summed E-state index contributed by atoms with van der Waals surface area (Å²) in [5, 5.41) is 4.17. The van der Waals surface area contributed by atoms with Gasteiger partial charge in [0.2, 0.25) is 17.6 Å². The molecule has 1 amide bonds. The standard InChI is InChI=1S/C25H29N3O4/c1-15(2)31-21-10-8-18(13-22(21)30-5)24-26-25(32-27-24)20-9-11-23(29)28(20)14-19-12-16(3)6-7-17(19)4/h6-8,10,12-13,15,20H,9,11,14H2,1-5H3. The highest BCUT2D eigenvalue weighted by Crippen LogP contribution is 2.36. The minimum absolute atomic E-state index is 0.0365. The van der Waals surface area contributed by atoms with E-state index in [1.165, 1.54) is 5.56 Å². The molecule has 0 spiro atoms. The average molecular weight is 436 g/mol. The highest BCUT2D eigenvalue weighted by Gasteiger charge is 2.36. The fraction of sp³-hybridized carbons (Fsp3) is 0.400. The summed E-state index contributed by atoms with van der Waals surface area (Å²) in [7, 11) is 1.60. The van der Waals surface area contributed by atoms with Crippen molar-refractivity contribution in [2.24, 2.45) is 0 Å². The molecule has 1 fully saturated rings. The first kappa shape index (κ1) is 21.9. The molecule has 4 rings (SSSR count). The van der Waals surface area contributed by atoms with E-state index < -0.39 is 0 Å². The fourth-order valence-corrected chi connectivity index (χ4v) is 3.99. The Kier molecular flexibility index (Phi) is 6.17. The van der Waals surface area contributed by atoms with Crippen LogP contribution in [-0.2, 0) is 11.3 Å². The van der Waals surface area contributed by atoms with E-state index in [1.54, 1.807) is 7.11 Å². The van der Waals surface area contributed by atoms with E-state index >= 15 is 0 Å². The lowest BCUT2D eigenvalue weighted by Crippen LogP contribution is -2.27. The summed E-state index contributed by atoms with van der Waals surface area (Å²) in [6, 6.07) is 11.6. The van der Waals surface area contributed by atoms with Crippen LogP contribution < -0.4 is 9.47 Å². The molecule has 0 radical (unpaired) electrons. The van der Waals surface area contributed by atoms with Crippen LogP contribution in [0, 0.1) is 13.8 Å². The number of likely N-dealkylation sites (tertiary alicyclic amines) is 1. The van der Waals surface area contributed by atoms with Gasteiger partial charge in [-0.2, -0.15) is 4.98 Å². The van der Waals surface area contributed by atoms with Gasteiger partial charge in [-0.25, -0.2) is 0 Å². The zero-order valence-electron chi connectivity index (χ0n) is 19.2. The molecule has 1 aliphatic rings. The van der Waals surface area contributed by atoms with Gasteiger partial charge in [-0.05, 0) is 63.4 Å². The van der Waals surface area contributed by atoms with Crippen molar-refractivity contribution in [3.8, 4) is 22.9 Å². The van der Waals surface area contributed by atoms with Gasteiger partial charge in [0.25, 0.3) is 0 Å². The van der Waals surface area contributed by atoms with Crippen molar-refractivity contribution in [1.82, 2.24) is 15.0 Å². The summed E-state index contributed by atoms with van der Waals surface area (Å²) >= 11 is 0. The molecular formula is C25H29N3O4. The number of rotatable bonds is 7. The molecule has 1 atom stereocenters. The Morgan fingerprint density at radius 1 is 1.16 bits per heavy atom. The van der Waals surface area contributed by atoms with Gasteiger partial charge < -0.3 is 18.9 Å². The number of benzene rings is 2.